The van der Waals surface area contributed by atoms with E-state index in [4.69, 9.17) is 0 Å². The first-order valence-electron chi connectivity index (χ1n) is 3.80. The number of hydrogen-bond donors (Lipinski definition) is 0. The van der Waals surface area contributed by atoms with E-state index in [1.165, 1.54) is 4.68 Å². The Morgan fingerprint density at radius 3 is 3.00 bits per heavy atom. The van der Waals surface area contributed by atoms with Gasteiger partial charge in [-0.15, -0.1) is 0 Å². The maximum absolute atomic E-state index is 11.4. The number of nitrogens with zero attached hydrogens (tertiary/aromatic N) is 3. The predicted octanol–water partition coefficient (Wildman–Crippen LogP) is 0.332. The van der Waals surface area contributed by atoms with Crippen LogP contribution in [-0.4, -0.2) is 15.4 Å². The zero-order chi connectivity index (χ0) is 8.72. The van der Waals surface area contributed by atoms with E-state index >= 15 is 0 Å². The molecule has 1 aromatic rings. The lowest BCUT2D eigenvalue weighted by atomic mass is 10.3. The van der Waals surface area contributed by atoms with Crippen LogP contribution in [0.5, 0.6) is 0 Å². The van der Waals surface area contributed by atoms with Gasteiger partial charge in [0.15, 0.2) is 0 Å². The third kappa shape index (κ3) is 0.879. The third-order valence-corrected chi connectivity index (χ3v) is 1.87. The summed E-state index contributed by atoms with van der Waals surface area (Å²) in [6, 6.07) is 0. The third-order valence-electron chi connectivity index (χ3n) is 1.87. The lowest BCUT2D eigenvalue weighted by Gasteiger charge is -1.98. The Morgan fingerprint density at radius 1 is 1.50 bits per heavy atom. The molecule has 0 aromatic carbocycles. The van der Waals surface area contributed by atoms with Crippen LogP contribution in [0.25, 0.3) is 0 Å². The number of fused-ring (bicyclic) bond motifs is 1. The summed E-state index contributed by atoms with van der Waals surface area (Å²) in [6.45, 7) is 3.63. The van der Waals surface area contributed by atoms with Gasteiger partial charge in [-0.3, -0.25) is 4.79 Å². The van der Waals surface area contributed by atoms with Crippen molar-refractivity contribution in [2.24, 2.45) is 5.10 Å². The normalized spacial score (nSPS) is 14.3. The van der Waals surface area contributed by atoms with E-state index in [9.17, 15) is 4.79 Å². The van der Waals surface area contributed by atoms with Gasteiger partial charge in [-0.1, -0.05) is 0 Å². The molecule has 62 valence electrons. The Kier molecular flexibility index (Phi) is 1.36. The van der Waals surface area contributed by atoms with Crippen LogP contribution >= 0.6 is 0 Å². The highest BCUT2D eigenvalue weighted by Crippen LogP contribution is 2.04. The Labute approximate surface area is 69.6 Å². The van der Waals surface area contributed by atoms with Gasteiger partial charge in [0.25, 0.3) is 5.56 Å². The lowest BCUT2D eigenvalue weighted by Crippen LogP contribution is -2.20. The molecule has 0 aliphatic carbocycles. The fraction of sp³-hybridized carbons (Fsp3) is 0.375. The number of hydrogen-bond acceptors (Lipinski definition) is 3. The van der Waals surface area contributed by atoms with Gasteiger partial charge in [-0.05, 0) is 13.8 Å². The van der Waals surface area contributed by atoms with Crippen LogP contribution in [-0.2, 0) is 6.42 Å². The first kappa shape index (κ1) is 7.21. The van der Waals surface area contributed by atoms with Gasteiger partial charge < -0.3 is 0 Å². The van der Waals surface area contributed by atoms with Gasteiger partial charge in [0, 0.05) is 23.9 Å². The highest BCUT2D eigenvalue weighted by Gasteiger charge is 2.14. The Morgan fingerprint density at radius 2 is 2.25 bits per heavy atom. The molecule has 0 saturated carbocycles. The van der Waals surface area contributed by atoms with Crippen LogP contribution in [0.3, 0.4) is 0 Å². The summed E-state index contributed by atoms with van der Waals surface area (Å²) in [5.74, 6) is 0.739. The molecule has 1 aliphatic heterocycles. The van der Waals surface area contributed by atoms with Gasteiger partial charge in [0.05, 0.1) is 0 Å². The predicted molar refractivity (Wildman–Crippen MR) is 45.4 cm³/mol. The SMILES string of the molecule is CC1=Nn2c(ncc(C)c2=O)C1. The molecule has 0 fully saturated rings. The molecule has 0 N–H and O–H groups in total. The van der Waals surface area contributed by atoms with E-state index in [0.717, 1.165) is 11.5 Å². The highest BCUT2D eigenvalue weighted by molar-refractivity contribution is 5.84. The standard InChI is InChI=1S/C8H9N3O/c1-5-4-9-7-3-6(2)10-11(7)8(5)12/h4H,3H2,1-2H3. The highest BCUT2D eigenvalue weighted by atomic mass is 16.1. The fourth-order valence-corrected chi connectivity index (χ4v) is 1.22. The van der Waals surface area contributed by atoms with E-state index in [-0.39, 0.29) is 5.56 Å². The quantitative estimate of drug-likeness (QED) is 0.553. The van der Waals surface area contributed by atoms with Crippen molar-refractivity contribution in [3.8, 4) is 0 Å². The molecule has 0 saturated heterocycles. The molecule has 1 aromatic heterocycles. The largest absolute Gasteiger partial charge is 0.277 e. The van der Waals surface area contributed by atoms with Crippen LogP contribution in [0.2, 0.25) is 0 Å². The summed E-state index contributed by atoms with van der Waals surface area (Å²) in [4.78, 5) is 15.5. The van der Waals surface area contributed by atoms with Crippen LogP contribution in [0.15, 0.2) is 16.1 Å². The summed E-state index contributed by atoms with van der Waals surface area (Å²) >= 11 is 0. The van der Waals surface area contributed by atoms with E-state index in [2.05, 4.69) is 10.1 Å². The van der Waals surface area contributed by atoms with E-state index in [1.54, 1.807) is 13.1 Å². The lowest BCUT2D eigenvalue weighted by molar-refractivity contribution is 0.766. The summed E-state index contributed by atoms with van der Waals surface area (Å²) < 4.78 is 1.38. The van der Waals surface area contributed by atoms with Crippen LogP contribution < -0.4 is 5.56 Å². The van der Waals surface area contributed by atoms with Gasteiger partial charge in [0.2, 0.25) is 0 Å². The maximum atomic E-state index is 11.4. The van der Waals surface area contributed by atoms with E-state index in [1.807, 2.05) is 6.92 Å². The van der Waals surface area contributed by atoms with Crippen LogP contribution in [0.4, 0.5) is 0 Å². The maximum Gasteiger partial charge on any atom is 0.277 e. The molecule has 0 amide bonds. The molecular weight excluding hydrogens is 154 g/mol. The summed E-state index contributed by atoms with van der Waals surface area (Å²) in [5.41, 5.74) is 1.51. The molecule has 1 aliphatic rings. The van der Waals surface area contributed by atoms with Crippen molar-refractivity contribution in [3.05, 3.63) is 27.9 Å². The zero-order valence-electron chi connectivity index (χ0n) is 7.03. The molecule has 4 heteroatoms. The Bertz CT molecular complexity index is 417. The van der Waals surface area contributed by atoms with Gasteiger partial charge in [-0.25, -0.2) is 4.98 Å². The molecule has 0 radical (unpaired) electrons. The topological polar surface area (TPSA) is 47.2 Å². The molecule has 2 rings (SSSR count). The van der Waals surface area contributed by atoms with Crippen molar-refractivity contribution in [2.75, 3.05) is 0 Å². The number of rotatable bonds is 0. The average molecular weight is 163 g/mol. The molecule has 0 bridgehead atoms. The van der Waals surface area contributed by atoms with Crippen molar-refractivity contribution in [2.45, 2.75) is 20.3 Å². The van der Waals surface area contributed by atoms with Crippen molar-refractivity contribution in [1.29, 1.82) is 0 Å². The molecule has 12 heavy (non-hydrogen) atoms. The average Bonchev–Trinajstić information content (AvgIpc) is 2.39. The summed E-state index contributed by atoms with van der Waals surface area (Å²) in [6.07, 6.45) is 2.29. The first-order valence-corrected chi connectivity index (χ1v) is 3.80. The molecule has 0 atom stereocenters. The van der Waals surface area contributed by atoms with Gasteiger partial charge in [-0.2, -0.15) is 9.78 Å². The molecule has 0 spiro atoms. The molecular formula is C8H9N3O. The van der Waals surface area contributed by atoms with Crippen molar-refractivity contribution in [3.63, 3.8) is 0 Å². The number of aryl methyl sites for hydroxylation is 1. The Hall–Kier alpha value is -1.45. The summed E-state index contributed by atoms with van der Waals surface area (Å²) in [7, 11) is 0. The molecule has 4 nitrogen and oxygen atoms in total. The van der Waals surface area contributed by atoms with Crippen LogP contribution in [0.1, 0.15) is 18.3 Å². The van der Waals surface area contributed by atoms with E-state index in [0.29, 0.717) is 12.0 Å². The molecule has 2 heterocycles. The van der Waals surface area contributed by atoms with Crippen molar-refractivity contribution < 1.29 is 0 Å². The first-order chi connectivity index (χ1) is 5.68. The Balaban J connectivity index is 2.73. The van der Waals surface area contributed by atoms with Gasteiger partial charge >= 0.3 is 0 Å². The molecule has 0 unspecified atom stereocenters. The fourth-order valence-electron chi connectivity index (χ4n) is 1.22. The van der Waals surface area contributed by atoms with Crippen molar-refractivity contribution in [1.82, 2.24) is 9.66 Å². The van der Waals surface area contributed by atoms with Crippen LogP contribution in [0, 0.1) is 6.92 Å². The van der Waals surface area contributed by atoms with Gasteiger partial charge in [0.1, 0.15) is 5.82 Å². The minimum atomic E-state index is -0.0585. The number of aromatic nitrogens is 2. The summed E-state index contributed by atoms with van der Waals surface area (Å²) in [5, 5.41) is 4.07. The minimum absolute atomic E-state index is 0.0585. The monoisotopic (exact) mass is 163 g/mol. The van der Waals surface area contributed by atoms with Crippen molar-refractivity contribution >= 4 is 5.71 Å². The smallest absolute Gasteiger partial charge is 0.267 e. The minimum Gasteiger partial charge on any atom is -0.267 e. The second kappa shape index (κ2) is 2.27. The zero-order valence-corrected chi connectivity index (χ0v) is 7.03. The van der Waals surface area contributed by atoms with E-state index < -0.39 is 0 Å². The second-order valence-corrected chi connectivity index (χ2v) is 2.99. The second-order valence-electron chi connectivity index (χ2n) is 2.99.